The predicted octanol–water partition coefficient (Wildman–Crippen LogP) is 3.38. The first kappa shape index (κ1) is 25.1. The van der Waals surface area contributed by atoms with Crippen LogP contribution >= 0.6 is 11.6 Å². The third-order valence-electron chi connectivity index (χ3n) is 7.26. The standard InChI is InChI=1S/C25H26ClF2N7O3/c1-14-23(31-32-35(14)17-2-4-33(5-3-17)18-11-37-12-18)15-6-22(25-20(28)9-30-34(25)10-15)38-13-21(36)24-19(26)7-16(27)8-29-24/h6-10,17-18,21,36H,2-5,11-13H2,1H3. The minimum absolute atomic E-state index is 0.0328. The lowest BCUT2D eigenvalue weighted by molar-refractivity contribution is -0.0735. The number of aromatic nitrogens is 6. The molecule has 2 aliphatic rings. The summed E-state index contributed by atoms with van der Waals surface area (Å²) in [6.07, 6.45) is 4.38. The van der Waals surface area contributed by atoms with Crippen molar-refractivity contribution in [2.24, 2.45) is 0 Å². The van der Waals surface area contributed by atoms with E-state index in [1.54, 1.807) is 12.3 Å². The van der Waals surface area contributed by atoms with Crippen molar-refractivity contribution in [2.45, 2.75) is 38.0 Å². The maximum absolute atomic E-state index is 14.6. The van der Waals surface area contributed by atoms with Gasteiger partial charge in [-0.3, -0.25) is 9.88 Å². The molecule has 1 N–H and O–H groups in total. The Morgan fingerprint density at radius 2 is 1.97 bits per heavy atom. The number of halogens is 3. The van der Waals surface area contributed by atoms with Crippen LogP contribution in [0.1, 0.15) is 36.4 Å². The van der Waals surface area contributed by atoms with Gasteiger partial charge in [-0.25, -0.2) is 18.0 Å². The number of rotatable bonds is 7. The van der Waals surface area contributed by atoms with E-state index in [1.807, 2.05) is 11.6 Å². The largest absolute Gasteiger partial charge is 0.488 e. The summed E-state index contributed by atoms with van der Waals surface area (Å²) in [6.45, 7) is 5.25. The molecule has 200 valence electrons. The maximum Gasteiger partial charge on any atom is 0.172 e. The van der Waals surface area contributed by atoms with Crippen molar-refractivity contribution in [2.75, 3.05) is 32.9 Å². The summed E-state index contributed by atoms with van der Waals surface area (Å²) in [7, 11) is 0. The van der Waals surface area contributed by atoms with Gasteiger partial charge in [-0.05, 0) is 31.9 Å². The van der Waals surface area contributed by atoms with Crippen LogP contribution in [0.15, 0.2) is 30.7 Å². The quantitative estimate of drug-likeness (QED) is 0.377. The molecule has 0 spiro atoms. The van der Waals surface area contributed by atoms with Gasteiger partial charge >= 0.3 is 0 Å². The summed E-state index contributed by atoms with van der Waals surface area (Å²) in [6, 6.07) is 3.46. The third-order valence-corrected chi connectivity index (χ3v) is 7.57. The Morgan fingerprint density at radius 3 is 2.68 bits per heavy atom. The van der Waals surface area contributed by atoms with Crippen molar-refractivity contribution in [3.63, 3.8) is 0 Å². The molecule has 13 heteroatoms. The van der Waals surface area contributed by atoms with Crippen LogP contribution in [0.5, 0.6) is 5.75 Å². The van der Waals surface area contributed by atoms with Gasteiger partial charge in [0, 0.05) is 24.8 Å². The zero-order chi connectivity index (χ0) is 26.4. The Hall–Kier alpha value is -3.19. The molecule has 38 heavy (non-hydrogen) atoms. The van der Waals surface area contributed by atoms with Gasteiger partial charge in [-0.2, -0.15) is 5.10 Å². The molecule has 4 aromatic heterocycles. The van der Waals surface area contributed by atoms with Crippen molar-refractivity contribution in [3.05, 3.63) is 58.8 Å². The van der Waals surface area contributed by atoms with Crippen molar-refractivity contribution in [3.8, 4) is 17.0 Å². The van der Waals surface area contributed by atoms with Crippen LogP contribution in [-0.2, 0) is 4.74 Å². The van der Waals surface area contributed by atoms with E-state index in [-0.39, 0.29) is 34.6 Å². The zero-order valence-electron chi connectivity index (χ0n) is 20.6. The number of pyridine rings is 2. The van der Waals surface area contributed by atoms with Crippen LogP contribution in [0.25, 0.3) is 16.8 Å². The highest BCUT2D eigenvalue weighted by atomic mass is 35.5. The number of likely N-dealkylation sites (tertiary alicyclic amines) is 1. The van der Waals surface area contributed by atoms with E-state index in [9.17, 15) is 13.9 Å². The topological polar surface area (TPSA) is 103 Å². The first-order valence-electron chi connectivity index (χ1n) is 12.4. The fourth-order valence-corrected chi connectivity index (χ4v) is 5.37. The molecule has 2 aliphatic heterocycles. The van der Waals surface area contributed by atoms with Gasteiger partial charge in [0.05, 0.1) is 54.1 Å². The first-order valence-corrected chi connectivity index (χ1v) is 12.8. The SMILES string of the molecule is Cc1c(-c2cc(OCC(O)c3ncc(F)cc3Cl)c3c(F)cnn3c2)nnn1C1CCN(C2COC2)CC1. The van der Waals surface area contributed by atoms with E-state index < -0.39 is 17.7 Å². The number of hydrogen-bond donors (Lipinski definition) is 1. The smallest absolute Gasteiger partial charge is 0.172 e. The maximum atomic E-state index is 14.6. The summed E-state index contributed by atoms with van der Waals surface area (Å²) >= 11 is 6.01. The monoisotopic (exact) mass is 545 g/mol. The fourth-order valence-electron chi connectivity index (χ4n) is 5.09. The molecule has 10 nitrogen and oxygen atoms in total. The normalized spacial score (nSPS) is 18.1. The fraction of sp³-hybridized carbons (Fsp3) is 0.440. The van der Waals surface area contributed by atoms with Gasteiger partial charge in [-0.1, -0.05) is 16.8 Å². The molecule has 1 unspecified atom stereocenters. The Labute approximate surface area is 221 Å². The average Bonchev–Trinajstić information content (AvgIpc) is 3.44. The molecule has 6 heterocycles. The molecule has 0 saturated carbocycles. The van der Waals surface area contributed by atoms with E-state index in [1.165, 1.54) is 4.52 Å². The van der Waals surface area contributed by atoms with E-state index in [0.29, 0.717) is 17.3 Å². The van der Waals surface area contributed by atoms with E-state index in [0.717, 1.165) is 63.3 Å². The lowest BCUT2D eigenvalue weighted by Gasteiger charge is -2.41. The number of aliphatic hydroxyl groups excluding tert-OH is 1. The number of aliphatic hydroxyl groups is 1. The minimum Gasteiger partial charge on any atom is -0.488 e. The highest BCUT2D eigenvalue weighted by Crippen LogP contribution is 2.33. The number of hydrogen-bond acceptors (Lipinski definition) is 8. The lowest BCUT2D eigenvalue weighted by Crippen LogP contribution is -2.52. The second-order valence-corrected chi connectivity index (χ2v) is 10.1. The molecule has 2 fully saturated rings. The Morgan fingerprint density at radius 1 is 1.18 bits per heavy atom. The van der Waals surface area contributed by atoms with Crippen LogP contribution in [0.3, 0.4) is 0 Å². The molecular formula is C25H26ClF2N7O3. The number of piperidine rings is 1. The van der Waals surface area contributed by atoms with E-state index >= 15 is 0 Å². The van der Waals surface area contributed by atoms with Crippen molar-refractivity contribution in [1.82, 2.24) is 34.5 Å². The number of nitrogens with zero attached hydrogens (tertiary/aromatic N) is 7. The molecule has 0 amide bonds. The lowest BCUT2D eigenvalue weighted by atomic mass is 10.0. The molecular weight excluding hydrogens is 520 g/mol. The Kier molecular flexibility index (Phi) is 6.72. The highest BCUT2D eigenvalue weighted by molar-refractivity contribution is 6.31. The Balaban J connectivity index is 1.24. The van der Waals surface area contributed by atoms with Gasteiger partial charge in [0.1, 0.15) is 35.5 Å². The average molecular weight is 546 g/mol. The summed E-state index contributed by atoms with van der Waals surface area (Å²) in [4.78, 5) is 6.32. The van der Waals surface area contributed by atoms with Crippen molar-refractivity contribution >= 4 is 17.1 Å². The van der Waals surface area contributed by atoms with Crippen LogP contribution < -0.4 is 4.74 Å². The molecule has 4 aromatic rings. The molecule has 0 radical (unpaired) electrons. The van der Waals surface area contributed by atoms with Crippen LogP contribution in [-0.4, -0.2) is 78.6 Å². The summed E-state index contributed by atoms with van der Waals surface area (Å²) < 4.78 is 42.4. The minimum atomic E-state index is -1.27. The molecule has 0 aliphatic carbocycles. The van der Waals surface area contributed by atoms with E-state index in [2.05, 4.69) is 25.3 Å². The van der Waals surface area contributed by atoms with Gasteiger partial charge in [0.15, 0.2) is 5.82 Å². The third kappa shape index (κ3) is 4.62. The van der Waals surface area contributed by atoms with Crippen LogP contribution in [0, 0.1) is 18.6 Å². The predicted molar refractivity (Wildman–Crippen MR) is 133 cm³/mol. The van der Waals surface area contributed by atoms with Crippen molar-refractivity contribution in [1.29, 1.82) is 0 Å². The molecule has 6 rings (SSSR count). The number of ether oxygens (including phenoxy) is 2. The highest BCUT2D eigenvalue weighted by Gasteiger charge is 2.31. The first-order chi connectivity index (χ1) is 18.4. The number of fused-ring (bicyclic) bond motifs is 1. The summed E-state index contributed by atoms with van der Waals surface area (Å²) in [5, 5.41) is 23.5. The Bertz CT molecular complexity index is 1470. The second kappa shape index (κ2) is 10.2. The second-order valence-electron chi connectivity index (χ2n) is 9.65. The molecule has 2 saturated heterocycles. The summed E-state index contributed by atoms with van der Waals surface area (Å²) in [5.41, 5.74) is 2.32. The summed E-state index contributed by atoms with van der Waals surface area (Å²) in [5.74, 6) is -1.05. The van der Waals surface area contributed by atoms with Gasteiger partial charge < -0.3 is 14.6 Å². The van der Waals surface area contributed by atoms with Gasteiger partial charge in [0.25, 0.3) is 0 Å². The van der Waals surface area contributed by atoms with Crippen LogP contribution in [0.2, 0.25) is 5.02 Å². The molecule has 1 atom stereocenters. The molecule has 0 bridgehead atoms. The van der Waals surface area contributed by atoms with Gasteiger partial charge in [-0.15, -0.1) is 5.10 Å². The molecule has 0 aromatic carbocycles. The van der Waals surface area contributed by atoms with Crippen molar-refractivity contribution < 1.29 is 23.4 Å². The van der Waals surface area contributed by atoms with Gasteiger partial charge in [0.2, 0.25) is 0 Å². The van der Waals surface area contributed by atoms with E-state index in [4.69, 9.17) is 21.1 Å². The zero-order valence-corrected chi connectivity index (χ0v) is 21.4. The van der Waals surface area contributed by atoms with Crippen LogP contribution in [0.4, 0.5) is 8.78 Å².